The van der Waals surface area contributed by atoms with Crippen LogP contribution in [0, 0.1) is 0 Å². The van der Waals surface area contributed by atoms with E-state index >= 15 is 0 Å². The Balaban J connectivity index is 2.46. The summed E-state index contributed by atoms with van der Waals surface area (Å²) in [6.07, 6.45) is 1.49. The maximum atomic E-state index is 10.8. The highest BCUT2D eigenvalue weighted by molar-refractivity contribution is 5.71. The summed E-state index contributed by atoms with van der Waals surface area (Å²) in [5, 5.41) is 16.3. The number of aliphatic carboxylic acids is 1. The Hall–Kier alpha value is -2.57. The molecule has 1 heterocycles. The van der Waals surface area contributed by atoms with Crippen LogP contribution in [0.1, 0.15) is 0 Å². The van der Waals surface area contributed by atoms with Crippen molar-refractivity contribution in [1.82, 2.24) is 15.0 Å². The smallest absolute Gasteiger partial charge is 0.325 e. The lowest BCUT2D eigenvalue weighted by Crippen LogP contribution is -2.11. The minimum atomic E-state index is -0.987. The largest absolute Gasteiger partial charge is 0.497 e. The van der Waals surface area contributed by atoms with E-state index < -0.39 is 5.97 Å². The molecule has 2 aromatic rings. The first-order chi connectivity index (χ1) is 9.15. The van der Waals surface area contributed by atoms with Gasteiger partial charge in [0.15, 0.2) is 0 Å². The second-order valence-electron chi connectivity index (χ2n) is 3.74. The SMILES string of the molecule is COc1ccc(-c2cnnn2CC(=O)O)c(OC)c1. The van der Waals surface area contributed by atoms with Gasteiger partial charge in [0.25, 0.3) is 0 Å². The lowest BCUT2D eigenvalue weighted by molar-refractivity contribution is -0.137. The Kier molecular flexibility index (Phi) is 3.65. The zero-order chi connectivity index (χ0) is 13.8. The second kappa shape index (κ2) is 5.38. The summed E-state index contributed by atoms with van der Waals surface area (Å²) in [5.74, 6) is 0.227. The number of hydrogen-bond acceptors (Lipinski definition) is 5. The molecule has 7 heteroatoms. The predicted molar refractivity (Wildman–Crippen MR) is 66.2 cm³/mol. The van der Waals surface area contributed by atoms with Crippen molar-refractivity contribution in [2.75, 3.05) is 14.2 Å². The molecule has 0 saturated heterocycles. The minimum absolute atomic E-state index is 0.259. The molecule has 0 aliphatic rings. The molecule has 0 atom stereocenters. The van der Waals surface area contributed by atoms with Crippen molar-refractivity contribution < 1.29 is 19.4 Å². The summed E-state index contributed by atoms with van der Waals surface area (Å²) in [5.41, 5.74) is 1.27. The summed E-state index contributed by atoms with van der Waals surface area (Å²) in [4.78, 5) is 10.8. The molecule has 0 fully saturated rings. The summed E-state index contributed by atoms with van der Waals surface area (Å²) < 4.78 is 11.7. The van der Waals surface area contributed by atoms with Gasteiger partial charge in [0.2, 0.25) is 0 Å². The van der Waals surface area contributed by atoms with Gasteiger partial charge in [0.05, 0.1) is 26.1 Å². The van der Waals surface area contributed by atoms with Crippen LogP contribution in [-0.4, -0.2) is 40.3 Å². The van der Waals surface area contributed by atoms with Gasteiger partial charge < -0.3 is 14.6 Å². The molecule has 19 heavy (non-hydrogen) atoms. The quantitative estimate of drug-likeness (QED) is 0.867. The van der Waals surface area contributed by atoms with Gasteiger partial charge in [-0.2, -0.15) is 0 Å². The number of carboxylic acid groups (broad SMARTS) is 1. The van der Waals surface area contributed by atoms with Gasteiger partial charge >= 0.3 is 5.97 Å². The molecule has 0 saturated carbocycles. The molecule has 0 amide bonds. The van der Waals surface area contributed by atoms with E-state index in [4.69, 9.17) is 14.6 Å². The third-order valence-electron chi connectivity index (χ3n) is 2.59. The number of benzene rings is 1. The van der Waals surface area contributed by atoms with Crippen molar-refractivity contribution in [1.29, 1.82) is 0 Å². The van der Waals surface area contributed by atoms with E-state index in [9.17, 15) is 4.79 Å². The van der Waals surface area contributed by atoms with Gasteiger partial charge in [-0.3, -0.25) is 4.79 Å². The van der Waals surface area contributed by atoms with E-state index in [1.54, 1.807) is 25.3 Å². The molecule has 100 valence electrons. The average molecular weight is 263 g/mol. The monoisotopic (exact) mass is 263 g/mol. The zero-order valence-electron chi connectivity index (χ0n) is 10.5. The van der Waals surface area contributed by atoms with Gasteiger partial charge in [0, 0.05) is 11.6 Å². The van der Waals surface area contributed by atoms with E-state index in [1.165, 1.54) is 18.0 Å². The zero-order valence-corrected chi connectivity index (χ0v) is 10.5. The Morgan fingerprint density at radius 1 is 1.37 bits per heavy atom. The number of aromatic nitrogens is 3. The van der Waals surface area contributed by atoms with Crippen LogP contribution < -0.4 is 9.47 Å². The predicted octanol–water partition coefficient (Wildman–Crippen LogP) is 1.05. The third kappa shape index (κ3) is 2.65. The average Bonchev–Trinajstić information content (AvgIpc) is 2.85. The molecule has 0 bridgehead atoms. The van der Waals surface area contributed by atoms with Crippen LogP contribution in [0.3, 0.4) is 0 Å². The highest BCUT2D eigenvalue weighted by Crippen LogP contribution is 2.32. The fourth-order valence-electron chi connectivity index (χ4n) is 1.72. The molecule has 1 N–H and O–H groups in total. The second-order valence-corrected chi connectivity index (χ2v) is 3.74. The molecule has 0 spiro atoms. The van der Waals surface area contributed by atoms with Crippen molar-refractivity contribution in [2.45, 2.75) is 6.54 Å². The third-order valence-corrected chi connectivity index (χ3v) is 2.59. The molecule has 1 aromatic heterocycles. The van der Waals surface area contributed by atoms with E-state index in [2.05, 4.69) is 10.3 Å². The van der Waals surface area contributed by atoms with Crippen molar-refractivity contribution in [3.63, 3.8) is 0 Å². The first kappa shape index (κ1) is 12.9. The fourth-order valence-corrected chi connectivity index (χ4v) is 1.72. The van der Waals surface area contributed by atoms with Gasteiger partial charge in [-0.05, 0) is 12.1 Å². The van der Waals surface area contributed by atoms with E-state index in [0.717, 1.165) is 0 Å². The molecule has 0 aliphatic carbocycles. The molecule has 7 nitrogen and oxygen atoms in total. The number of nitrogens with zero attached hydrogens (tertiary/aromatic N) is 3. The molecule has 0 aliphatic heterocycles. The number of carboxylic acids is 1. The van der Waals surface area contributed by atoms with Crippen molar-refractivity contribution in [3.8, 4) is 22.8 Å². The first-order valence-corrected chi connectivity index (χ1v) is 5.48. The van der Waals surface area contributed by atoms with Crippen LogP contribution >= 0.6 is 0 Å². The summed E-state index contributed by atoms with van der Waals surface area (Å²) in [7, 11) is 3.09. The van der Waals surface area contributed by atoms with Gasteiger partial charge in [-0.1, -0.05) is 5.21 Å². The molecule has 0 unspecified atom stereocenters. The van der Waals surface area contributed by atoms with Gasteiger partial charge in [-0.25, -0.2) is 4.68 Å². The van der Waals surface area contributed by atoms with Crippen LogP contribution in [0.5, 0.6) is 11.5 Å². The number of methoxy groups -OCH3 is 2. The van der Waals surface area contributed by atoms with E-state index in [1.807, 2.05) is 0 Å². The van der Waals surface area contributed by atoms with E-state index in [-0.39, 0.29) is 6.54 Å². The summed E-state index contributed by atoms with van der Waals surface area (Å²) in [6.45, 7) is -0.259. The first-order valence-electron chi connectivity index (χ1n) is 5.48. The number of ether oxygens (including phenoxy) is 2. The van der Waals surface area contributed by atoms with Crippen LogP contribution in [0.15, 0.2) is 24.4 Å². The minimum Gasteiger partial charge on any atom is -0.497 e. The van der Waals surface area contributed by atoms with Crippen LogP contribution in [-0.2, 0) is 11.3 Å². The Morgan fingerprint density at radius 3 is 2.79 bits per heavy atom. The van der Waals surface area contributed by atoms with Crippen LogP contribution in [0.4, 0.5) is 0 Å². The topological polar surface area (TPSA) is 86.5 Å². The molecule has 0 radical (unpaired) electrons. The van der Waals surface area contributed by atoms with E-state index in [0.29, 0.717) is 22.8 Å². The highest BCUT2D eigenvalue weighted by Gasteiger charge is 2.14. The molecular formula is C12H13N3O4. The van der Waals surface area contributed by atoms with Gasteiger partial charge in [0.1, 0.15) is 18.0 Å². The summed E-state index contributed by atoms with van der Waals surface area (Å²) in [6, 6.07) is 5.25. The lowest BCUT2D eigenvalue weighted by atomic mass is 10.1. The van der Waals surface area contributed by atoms with Crippen molar-refractivity contribution in [2.24, 2.45) is 0 Å². The Bertz CT molecular complexity index is 594. The van der Waals surface area contributed by atoms with Gasteiger partial charge in [-0.15, -0.1) is 5.10 Å². The summed E-state index contributed by atoms with van der Waals surface area (Å²) >= 11 is 0. The standard InChI is InChI=1S/C12H13N3O4/c1-18-8-3-4-9(11(5-8)19-2)10-6-13-14-15(10)7-12(16)17/h3-6H,7H2,1-2H3,(H,16,17). The van der Waals surface area contributed by atoms with Crippen molar-refractivity contribution >= 4 is 5.97 Å². The molecular weight excluding hydrogens is 250 g/mol. The number of rotatable bonds is 5. The number of carbonyl (C=O) groups is 1. The maximum Gasteiger partial charge on any atom is 0.325 e. The Labute approximate surface area is 109 Å². The fraction of sp³-hybridized carbons (Fsp3) is 0.250. The molecule has 1 aromatic carbocycles. The Morgan fingerprint density at radius 2 is 2.16 bits per heavy atom. The lowest BCUT2D eigenvalue weighted by Gasteiger charge is -2.10. The maximum absolute atomic E-state index is 10.8. The van der Waals surface area contributed by atoms with Crippen LogP contribution in [0.25, 0.3) is 11.3 Å². The normalized spacial score (nSPS) is 10.2. The van der Waals surface area contributed by atoms with Crippen LogP contribution in [0.2, 0.25) is 0 Å². The highest BCUT2D eigenvalue weighted by atomic mass is 16.5. The molecule has 2 rings (SSSR count). The van der Waals surface area contributed by atoms with Crippen molar-refractivity contribution in [3.05, 3.63) is 24.4 Å². The number of hydrogen-bond donors (Lipinski definition) is 1.